The number of hydrogen-bond acceptors (Lipinski definition) is 2. The van der Waals surface area contributed by atoms with Crippen molar-refractivity contribution >= 4 is 0 Å². The van der Waals surface area contributed by atoms with Crippen molar-refractivity contribution in [3.05, 3.63) is 17.5 Å². The summed E-state index contributed by atoms with van der Waals surface area (Å²) in [5.41, 5.74) is 2.50. The zero-order valence-corrected chi connectivity index (χ0v) is 12.8. The molecule has 1 unspecified atom stereocenters. The monoisotopic (exact) mass is 263 g/mol. The molecule has 1 fully saturated rings. The molecule has 0 bridgehead atoms. The van der Waals surface area contributed by atoms with Crippen LogP contribution >= 0.6 is 0 Å². The SMILES string of the molecule is CCCNC(Cc1cc(C)nn1C)CC1CCCC1. The van der Waals surface area contributed by atoms with Crippen molar-refractivity contribution in [2.24, 2.45) is 13.0 Å². The fourth-order valence-electron chi connectivity index (χ4n) is 3.34. The second kappa shape index (κ2) is 7.09. The third-order valence-corrected chi connectivity index (χ3v) is 4.33. The van der Waals surface area contributed by atoms with Crippen LogP contribution in [0.5, 0.6) is 0 Å². The number of nitrogens with zero attached hydrogens (tertiary/aromatic N) is 2. The van der Waals surface area contributed by atoms with Crippen molar-refractivity contribution in [2.45, 2.75) is 64.8 Å². The molecule has 1 aromatic rings. The van der Waals surface area contributed by atoms with Gasteiger partial charge in [0.25, 0.3) is 0 Å². The van der Waals surface area contributed by atoms with Gasteiger partial charge in [0, 0.05) is 25.2 Å². The van der Waals surface area contributed by atoms with Gasteiger partial charge in [-0.15, -0.1) is 0 Å². The standard InChI is InChI=1S/C16H29N3/c1-4-9-17-15(11-14-7-5-6-8-14)12-16-10-13(2)18-19(16)3/h10,14-15,17H,4-9,11-12H2,1-3H3. The zero-order chi connectivity index (χ0) is 13.7. The van der Waals surface area contributed by atoms with Crippen LogP contribution in [0.3, 0.4) is 0 Å². The molecule has 0 aromatic carbocycles. The highest BCUT2D eigenvalue weighted by Crippen LogP contribution is 2.29. The first-order valence-corrected chi connectivity index (χ1v) is 7.92. The average Bonchev–Trinajstić information content (AvgIpc) is 2.97. The molecule has 0 amide bonds. The van der Waals surface area contributed by atoms with Gasteiger partial charge in [-0.3, -0.25) is 4.68 Å². The van der Waals surface area contributed by atoms with Gasteiger partial charge in [-0.2, -0.15) is 5.10 Å². The van der Waals surface area contributed by atoms with Crippen LogP contribution in [0.4, 0.5) is 0 Å². The maximum Gasteiger partial charge on any atom is 0.0596 e. The Morgan fingerprint density at radius 3 is 2.74 bits per heavy atom. The fraction of sp³-hybridized carbons (Fsp3) is 0.812. The topological polar surface area (TPSA) is 29.9 Å². The summed E-state index contributed by atoms with van der Waals surface area (Å²) in [6.45, 7) is 5.46. The van der Waals surface area contributed by atoms with Crippen molar-refractivity contribution < 1.29 is 0 Å². The minimum Gasteiger partial charge on any atom is -0.314 e. The highest BCUT2D eigenvalue weighted by Gasteiger charge is 2.21. The van der Waals surface area contributed by atoms with Gasteiger partial charge in [-0.05, 0) is 38.3 Å². The summed E-state index contributed by atoms with van der Waals surface area (Å²) in [5.74, 6) is 0.948. The first-order valence-electron chi connectivity index (χ1n) is 7.92. The smallest absolute Gasteiger partial charge is 0.0596 e. The maximum absolute atomic E-state index is 4.47. The average molecular weight is 263 g/mol. The van der Waals surface area contributed by atoms with E-state index >= 15 is 0 Å². The second-order valence-electron chi connectivity index (χ2n) is 6.14. The van der Waals surface area contributed by atoms with Crippen molar-refractivity contribution in [1.29, 1.82) is 0 Å². The Labute approximate surface area is 117 Å². The Bertz CT molecular complexity index is 377. The number of aryl methyl sites for hydroxylation is 2. The van der Waals surface area contributed by atoms with Crippen LogP contribution in [0.15, 0.2) is 6.07 Å². The Hall–Kier alpha value is -0.830. The molecule has 2 rings (SSSR count). The van der Waals surface area contributed by atoms with Gasteiger partial charge in [-0.1, -0.05) is 32.6 Å². The van der Waals surface area contributed by atoms with Gasteiger partial charge >= 0.3 is 0 Å². The van der Waals surface area contributed by atoms with Crippen molar-refractivity contribution in [3.63, 3.8) is 0 Å². The molecule has 1 N–H and O–H groups in total. The first-order chi connectivity index (χ1) is 9.19. The third-order valence-electron chi connectivity index (χ3n) is 4.33. The van der Waals surface area contributed by atoms with Gasteiger partial charge in [0.2, 0.25) is 0 Å². The largest absolute Gasteiger partial charge is 0.314 e. The van der Waals surface area contributed by atoms with Gasteiger partial charge in [0.1, 0.15) is 0 Å². The number of hydrogen-bond donors (Lipinski definition) is 1. The molecule has 1 aliphatic carbocycles. The van der Waals surface area contributed by atoms with Crippen LogP contribution in [0.2, 0.25) is 0 Å². The Morgan fingerprint density at radius 1 is 1.42 bits per heavy atom. The van der Waals surface area contributed by atoms with E-state index in [-0.39, 0.29) is 0 Å². The molecule has 108 valence electrons. The van der Waals surface area contributed by atoms with E-state index in [1.807, 2.05) is 4.68 Å². The lowest BCUT2D eigenvalue weighted by atomic mass is 9.95. The Kier molecular flexibility index (Phi) is 5.44. The fourth-order valence-corrected chi connectivity index (χ4v) is 3.34. The van der Waals surface area contributed by atoms with Crippen LogP contribution in [0.1, 0.15) is 56.8 Å². The molecular formula is C16H29N3. The van der Waals surface area contributed by atoms with Gasteiger partial charge in [0.15, 0.2) is 0 Å². The minimum absolute atomic E-state index is 0.623. The number of aromatic nitrogens is 2. The lowest BCUT2D eigenvalue weighted by Gasteiger charge is -2.22. The van der Waals surface area contributed by atoms with Crippen LogP contribution < -0.4 is 5.32 Å². The molecule has 3 heteroatoms. The lowest BCUT2D eigenvalue weighted by molar-refractivity contribution is 0.380. The quantitative estimate of drug-likeness (QED) is 0.818. The predicted octanol–water partition coefficient (Wildman–Crippen LogP) is 3.22. The van der Waals surface area contributed by atoms with E-state index in [1.54, 1.807) is 0 Å². The molecule has 0 aliphatic heterocycles. The minimum atomic E-state index is 0.623. The van der Waals surface area contributed by atoms with E-state index in [1.165, 1.54) is 44.2 Å². The summed E-state index contributed by atoms with van der Waals surface area (Å²) in [7, 11) is 2.06. The van der Waals surface area contributed by atoms with Crippen molar-refractivity contribution in [1.82, 2.24) is 15.1 Å². The summed E-state index contributed by atoms with van der Waals surface area (Å²) < 4.78 is 2.05. The van der Waals surface area contributed by atoms with Gasteiger partial charge in [-0.25, -0.2) is 0 Å². The summed E-state index contributed by atoms with van der Waals surface area (Å²) in [6, 6.07) is 2.85. The maximum atomic E-state index is 4.47. The van der Waals surface area contributed by atoms with E-state index < -0.39 is 0 Å². The normalized spacial score (nSPS) is 18.1. The highest BCUT2D eigenvalue weighted by molar-refractivity contribution is 5.10. The first kappa shape index (κ1) is 14.6. The highest BCUT2D eigenvalue weighted by atomic mass is 15.3. The molecule has 1 aliphatic rings. The van der Waals surface area contributed by atoms with E-state index in [4.69, 9.17) is 0 Å². The summed E-state index contributed by atoms with van der Waals surface area (Å²) in [5, 5.41) is 8.21. The summed E-state index contributed by atoms with van der Waals surface area (Å²) >= 11 is 0. The molecule has 0 radical (unpaired) electrons. The molecule has 0 saturated heterocycles. The van der Waals surface area contributed by atoms with Crippen LogP contribution in [-0.4, -0.2) is 22.4 Å². The molecule has 1 aromatic heterocycles. The Morgan fingerprint density at radius 2 is 2.16 bits per heavy atom. The summed E-state index contributed by atoms with van der Waals surface area (Å²) in [4.78, 5) is 0. The molecule has 1 heterocycles. The third kappa shape index (κ3) is 4.34. The molecular weight excluding hydrogens is 234 g/mol. The molecule has 3 nitrogen and oxygen atoms in total. The molecule has 19 heavy (non-hydrogen) atoms. The van der Waals surface area contributed by atoms with E-state index in [0.717, 1.165) is 24.6 Å². The molecule has 1 saturated carbocycles. The number of rotatable bonds is 7. The molecule has 0 spiro atoms. The summed E-state index contributed by atoms with van der Waals surface area (Å²) in [6.07, 6.45) is 9.43. The predicted molar refractivity (Wildman–Crippen MR) is 80.3 cm³/mol. The second-order valence-corrected chi connectivity index (χ2v) is 6.14. The van der Waals surface area contributed by atoms with Crippen molar-refractivity contribution in [3.8, 4) is 0 Å². The van der Waals surface area contributed by atoms with Crippen molar-refractivity contribution in [2.75, 3.05) is 6.54 Å². The van der Waals surface area contributed by atoms with E-state index in [0.29, 0.717) is 6.04 Å². The van der Waals surface area contributed by atoms with Gasteiger partial charge < -0.3 is 5.32 Å². The lowest BCUT2D eigenvalue weighted by Crippen LogP contribution is -2.34. The van der Waals surface area contributed by atoms with E-state index in [2.05, 4.69) is 37.4 Å². The Balaban J connectivity index is 1.93. The molecule has 1 atom stereocenters. The van der Waals surface area contributed by atoms with Crippen LogP contribution in [-0.2, 0) is 13.5 Å². The zero-order valence-electron chi connectivity index (χ0n) is 12.8. The van der Waals surface area contributed by atoms with E-state index in [9.17, 15) is 0 Å². The number of nitrogens with one attached hydrogen (secondary N) is 1. The van der Waals surface area contributed by atoms with Crippen LogP contribution in [0, 0.1) is 12.8 Å². The van der Waals surface area contributed by atoms with Gasteiger partial charge in [0.05, 0.1) is 5.69 Å². The van der Waals surface area contributed by atoms with Crippen LogP contribution in [0.25, 0.3) is 0 Å².